The molecule has 0 heterocycles. The largest absolute Gasteiger partial charge is 0.506 e. The van der Waals surface area contributed by atoms with Crippen LogP contribution in [0.4, 0.5) is 5.69 Å². The summed E-state index contributed by atoms with van der Waals surface area (Å²) >= 11 is 4.72. The lowest BCUT2D eigenvalue weighted by Crippen LogP contribution is -2.18. The van der Waals surface area contributed by atoms with Gasteiger partial charge in [-0.1, -0.05) is 36.4 Å². The van der Waals surface area contributed by atoms with Gasteiger partial charge < -0.3 is 16.2 Å². The lowest BCUT2D eigenvalue weighted by atomic mass is 10.1. The fourth-order valence-corrected chi connectivity index (χ4v) is 1.69. The fraction of sp³-hybridized carbons (Fsp3) is 0. The molecule has 0 saturated carbocycles. The molecule has 0 fully saturated rings. The number of nitrogens with two attached hydrogens (primary N) is 1. The summed E-state index contributed by atoms with van der Waals surface area (Å²) in [7, 11) is 0. The molecule has 0 amide bonds. The third kappa shape index (κ3) is 2.73. The first-order chi connectivity index (χ1) is 8.16. The summed E-state index contributed by atoms with van der Waals surface area (Å²) in [6.45, 7) is 0. The molecule has 0 radical (unpaired) electrons. The molecule has 0 unspecified atom stereocenters. The predicted octanol–water partition coefficient (Wildman–Crippen LogP) is 2.71. The molecule has 0 saturated heterocycles. The standard InChI is InChI=1S/C13H12N2OS/c14-13(17)15-11-7-6-10(8-12(11)16)9-4-2-1-3-5-9/h1-8,16H,(H3,14,15,17). The Bertz CT molecular complexity index is 540. The molecule has 86 valence electrons. The summed E-state index contributed by atoms with van der Waals surface area (Å²) in [6.07, 6.45) is 0. The highest BCUT2D eigenvalue weighted by Crippen LogP contribution is 2.29. The van der Waals surface area contributed by atoms with E-state index < -0.39 is 0 Å². The lowest BCUT2D eigenvalue weighted by Gasteiger charge is -2.08. The Morgan fingerprint density at radius 3 is 2.35 bits per heavy atom. The first kappa shape index (κ1) is 11.4. The van der Waals surface area contributed by atoms with Gasteiger partial charge in [0.15, 0.2) is 5.11 Å². The van der Waals surface area contributed by atoms with E-state index in [9.17, 15) is 5.11 Å². The summed E-state index contributed by atoms with van der Waals surface area (Å²) < 4.78 is 0. The quantitative estimate of drug-likeness (QED) is 0.561. The monoisotopic (exact) mass is 244 g/mol. The number of anilines is 1. The van der Waals surface area contributed by atoms with Crippen LogP contribution in [0.2, 0.25) is 0 Å². The van der Waals surface area contributed by atoms with Crippen molar-refractivity contribution in [1.29, 1.82) is 0 Å². The van der Waals surface area contributed by atoms with Crippen LogP contribution in [-0.4, -0.2) is 10.2 Å². The Balaban J connectivity index is 2.34. The zero-order valence-corrected chi connectivity index (χ0v) is 9.87. The average molecular weight is 244 g/mol. The van der Waals surface area contributed by atoms with Crippen LogP contribution in [0.3, 0.4) is 0 Å². The molecule has 0 spiro atoms. The van der Waals surface area contributed by atoms with E-state index in [-0.39, 0.29) is 10.9 Å². The van der Waals surface area contributed by atoms with Gasteiger partial charge in [-0.3, -0.25) is 0 Å². The maximum Gasteiger partial charge on any atom is 0.168 e. The van der Waals surface area contributed by atoms with E-state index in [1.165, 1.54) is 0 Å². The van der Waals surface area contributed by atoms with Crippen molar-refractivity contribution >= 4 is 23.0 Å². The van der Waals surface area contributed by atoms with Crippen molar-refractivity contribution in [2.75, 3.05) is 5.32 Å². The Kier molecular flexibility index (Phi) is 3.25. The van der Waals surface area contributed by atoms with Crippen LogP contribution >= 0.6 is 12.2 Å². The van der Waals surface area contributed by atoms with Gasteiger partial charge in [0.05, 0.1) is 5.69 Å². The maximum absolute atomic E-state index is 9.82. The third-order valence-corrected chi connectivity index (χ3v) is 2.46. The molecule has 2 aromatic rings. The number of hydrogen-bond donors (Lipinski definition) is 3. The minimum atomic E-state index is 0.124. The number of phenols is 1. The first-order valence-electron chi connectivity index (χ1n) is 5.12. The summed E-state index contributed by atoms with van der Waals surface area (Å²) in [5.41, 5.74) is 7.85. The van der Waals surface area contributed by atoms with Crippen molar-refractivity contribution in [1.82, 2.24) is 0 Å². The molecule has 3 nitrogen and oxygen atoms in total. The molecule has 2 rings (SSSR count). The molecule has 0 bridgehead atoms. The van der Waals surface area contributed by atoms with E-state index in [1.807, 2.05) is 36.4 Å². The number of aromatic hydroxyl groups is 1. The van der Waals surface area contributed by atoms with Crippen LogP contribution in [-0.2, 0) is 0 Å². The van der Waals surface area contributed by atoms with E-state index >= 15 is 0 Å². The van der Waals surface area contributed by atoms with Gasteiger partial charge in [-0.05, 0) is 35.5 Å². The van der Waals surface area contributed by atoms with Crippen LogP contribution in [0, 0.1) is 0 Å². The Hall–Kier alpha value is -2.07. The van der Waals surface area contributed by atoms with Crippen molar-refractivity contribution in [3.05, 3.63) is 48.5 Å². The molecule has 4 N–H and O–H groups in total. The third-order valence-electron chi connectivity index (χ3n) is 2.36. The number of nitrogens with one attached hydrogen (secondary N) is 1. The van der Waals surface area contributed by atoms with E-state index in [1.54, 1.807) is 12.1 Å². The zero-order valence-electron chi connectivity index (χ0n) is 9.05. The van der Waals surface area contributed by atoms with Gasteiger partial charge in [0, 0.05) is 0 Å². The van der Waals surface area contributed by atoms with Gasteiger partial charge in [-0.25, -0.2) is 0 Å². The van der Waals surface area contributed by atoms with Gasteiger partial charge in [0.2, 0.25) is 0 Å². The minimum absolute atomic E-state index is 0.124. The molecule has 0 aromatic heterocycles. The summed E-state index contributed by atoms with van der Waals surface area (Å²) in [4.78, 5) is 0. The zero-order chi connectivity index (χ0) is 12.3. The molecule has 0 aliphatic heterocycles. The highest BCUT2D eigenvalue weighted by Gasteiger charge is 2.04. The second-order valence-corrected chi connectivity index (χ2v) is 4.03. The Labute approximate surface area is 105 Å². The van der Waals surface area contributed by atoms with Gasteiger partial charge >= 0.3 is 0 Å². The van der Waals surface area contributed by atoms with Gasteiger partial charge in [-0.15, -0.1) is 0 Å². The van der Waals surface area contributed by atoms with Crippen molar-refractivity contribution in [3.8, 4) is 16.9 Å². The Morgan fingerprint density at radius 2 is 1.76 bits per heavy atom. The molecule has 0 aliphatic rings. The Morgan fingerprint density at radius 1 is 1.06 bits per heavy atom. The van der Waals surface area contributed by atoms with E-state index in [4.69, 9.17) is 18.0 Å². The smallest absolute Gasteiger partial charge is 0.168 e. The average Bonchev–Trinajstić information content (AvgIpc) is 2.32. The number of benzene rings is 2. The molecule has 4 heteroatoms. The second-order valence-electron chi connectivity index (χ2n) is 3.59. The number of rotatable bonds is 2. The summed E-state index contributed by atoms with van der Waals surface area (Å²) in [5, 5.41) is 12.7. The van der Waals surface area contributed by atoms with E-state index in [2.05, 4.69) is 5.32 Å². The maximum atomic E-state index is 9.82. The van der Waals surface area contributed by atoms with Crippen LogP contribution in [0.5, 0.6) is 5.75 Å². The second kappa shape index (κ2) is 4.84. The van der Waals surface area contributed by atoms with Crippen molar-refractivity contribution in [2.24, 2.45) is 5.73 Å². The fourth-order valence-electron chi connectivity index (χ4n) is 1.58. The van der Waals surface area contributed by atoms with Crippen LogP contribution in [0.25, 0.3) is 11.1 Å². The summed E-state index contributed by atoms with van der Waals surface area (Å²) in [5.74, 6) is 0.124. The number of thiocarbonyl (C=S) groups is 1. The summed E-state index contributed by atoms with van der Waals surface area (Å²) in [6, 6.07) is 15.1. The minimum Gasteiger partial charge on any atom is -0.506 e. The predicted molar refractivity (Wildman–Crippen MR) is 74.0 cm³/mol. The molecular weight excluding hydrogens is 232 g/mol. The highest BCUT2D eigenvalue weighted by atomic mass is 32.1. The molecule has 0 aliphatic carbocycles. The number of phenolic OH excluding ortho intramolecular Hbond substituents is 1. The highest BCUT2D eigenvalue weighted by molar-refractivity contribution is 7.80. The molecular formula is C13H12N2OS. The van der Waals surface area contributed by atoms with Gasteiger partial charge in [-0.2, -0.15) is 0 Å². The molecule has 17 heavy (non-hydrogen) atoms. The molecule has 2 aromatic carbocycles. The first-order valence-corrected chi connectivity index (χ1v) is 5.52. The lowest BCUT2D eigenvalue weighted by molar-refractivity contribution is 0.478. The van der Waals surface area contributed by atoms with Crippen LogP contribution in [0.15, 0.2) is 48.5 Å². The van der Waals surface area contributed by atoms with Crippen LogP contribution < -0.4 is 11.1 Å². The SMILES string of the molecule is NC(=S)Nc1ccc(-c2ccccc2)cc1O. The van der Waals surface area contributed by atoms with Crippen molar-refractivity contribution in [3.63, 3.8) is 0 Å². The van der Waals surface area contributed by atoms with E-state index in [0.717, 1.165) is 11.1 Å². The number of hydrogen-bond acceptors (Lipinski definition) is 2. The van der Waals surface area contributed by atoms with E-state index in [0.29, 0.717) is 5.69 Å². The van der Waals surface area contributed by atoms with Crippen LogP contribution in [0.1, 0.15) is 0 Å². The van der Waals surface area contributed by atoms with Gasteiger partial charge in [0.1, 0.15) is 5.75 Å². The van der Waals surface area contributed by atoms with Crippen molar-refractivity contribution < 1.29 is 5.11 Å². The normalized spacial score (nSPS) is 9.88. The molecule has 0 atom stereocenters. The van der Waals surface area contributed by atoms with Gasteiger partial charge in [0.25, 0.3) is 0 Å². The van der Waals surface area contributed by atoms with Crippen molar-refractivity contribution in [2.45, 2.75) is 0 Å². The topological polar surface area (TPSA) is 58.3 Å².